The second-order valence-corrected chi connectivity index (χ2v) is 6.12. The molecule has 1 amide bonds. The van der Waals surface area contributed by atoms with E-state index in [0.717, 1.165) is 22.6 Å². The largest absolute Gasteiger partial charge is 0.384 e. The highest BCUT2D eigenvalue weighted by Crippen LogP contribution is 2.23. The second-order valence-electron chi connectivity index (χ2n) is 6.12. The lowest BCUT2D eigenvalue weighted by atomic mass is 10.1. The minimum atomic E-state index is -0.143. The van der Waals surface area contributed by atoms with Gasteiger partial charge in [0.2, 0.25) is 5.91 Å². The molecule has 1 aromatic carbocycles. The number of nitrogens with one attached hydrogen (secondary N) is 1. The van der Waals surface area contributed by atoms with Crippen molar-refractivity contribution in [3.8, 4) is 11.3 Å². The summed E-state index contributed by atoms with van der Waals surface area (Å²) < 4.78 is 1.52. The number of hydrogen-bond acceptors (Lipinski definition) is 4. The molecule has 0 fully saturated rings. The molecule has 0 aliphatic rings. The van der Waals surface area contributed by atoms with Crippen molar-refractivity contribution in [3.63, 3.8) is 0 Å². The van der Waals surface area contributed by atoms with Gasteiger partial charge in [0.1, 0.15) is 12.4 Å². The third-order valence-electron chi connectivity index (χ3n) is 4.31. The van der Waals surface area contributed by atoms with E-state index >= 15 is 0 Å². The average Bonchev–Trinajstić information content (AvgIpc) is 3.21. The predicted octanol–water partition coefficient (Wildman–Crippen LogP) is 2.38. The molecule has 2 aromatic heterocycles. The van der Waals surface area contributed by atoms with Crippen molar-refractivity contribution in [2.75, 3.05) is 12.8 Å². The van der Waals surface area contributed by atoms with Crippen molar-refractivity contribution in [1.82, 2.24) is 24.9 Å². The lowest BCUT2D eigenvalue weighted by Crippen LogP contribution is -2.33. The molecule has 0 aliphatic carbocycles. The molecule has 0 aliphatic heterocycles. The summed E-state index contributed by atoms with van der Waals surface area (Å²) in [4.78, 5) is 14.2. The van der Waals surface area contributed by atoms with Crippen molar-refractivity contribution in [2.24, 2.45) is 0 Å². The molecule has 3 rings (SSSR count). The molecule has 3 aromatic rings. The summed E-state index contributed by atoms with van der Waals surface area (Å²) in [5.74, 6) is 0.415. The van der Waals surface area contributed by atoms with Crippen LogP contribution in [0, 0.1) is 6.92 Å². The molecule has 0 bridgehead atoms. The van der Waals surface area contributed by atoms with Gasteiger partial charge in [-0.25, -0.2) is 4.68 Å². The van der Waals surface area contributed by atoms with Crippen LogP contribution in [0.4, 0.5) is 5.82 Å². The molecule has 130 valence electrons. The standard InChI is InChI=1S/C18H22N6O/c1-12-9-17(19)24(22-12)11-18(25)23(3)13(2)15-10-16(21-20-15)14-7-5-4-6-8-14/h4-10,13H,11,19H2,1-3H3,(H,20,21). The Morgan fingerprint density at radius 3 is 2.68 bits per heavy atom. The number of amides is 1. The Kier molecular flexibility index (Phi) is 4.56. The Bertz CT molecular complexity index is 867. The van der Waals surface area contributed by atoms with E-state index in [2.05, 4.69) is 15.3 Å². The number of carbonyl (C=O) groups is 1. The van der Waals surface area contributed by atoms with Crippen LogP contribution in [0.2, 0.25) is 0 Å². The number of anilines is 1. The van der Waals surface area contributed by atoms with Gasteiger partial charge in [0.15, 0.2) is 0 Å². The van der Waals surface area contributed by atoms with Crippen LogP contribution in [0.25, 0.3) is 11.3 Å². The SMILES string of the molecule is Cc1cc(N)n(CC(=O)N(C)C(C)c2cc(-c3ccccc3)n[nH]2)n1. The Balaban J connectivity index is 1.72. The minimum absolute atomic E-state index is 0.0711. The molecule has 3 N–H and O–H groups in total. The Morgan fingerprint density at radius 1 is 1.32 bits per heavy atom. The van der Waals surface area contributed by atoms with E-state index in [4.69, 9.17) is 5.73 Å². The number of benzene rings is 1. The highest BCUT2D eigenvalue weighted by molar-refractivity contribution is 5.76. The number of aromatic nitrogens is 4. The molecule has 0 spiro atoms. The van der Waals surface area contributed by atoms with Gasteiger partial charge in [-0.1, -0.05) is 30.3 Å². The van der Waals surface area contributed by atoms with Gasteiger partial charge in [0.25, 0.3) is 0 Å². The topological polar surface area (TPSA) is 92.8 Å². The van der Waals surface area contributed by atoms with Crippen LogP contribution in [0.1, 0.15) is 24.4 Å². The molecule has 0 radical (unpaired) electrons. The van der Waals surface area contributed by atoms with Gasteiger partial charge in [-0.05, 0) is 19.9 Å². The van der Waals surface area contributed by atoms with E-state index in [1.54, 1.807) is 18.0 Å². The van der Waals surface area contributed by atoms with Gasteiger partial charge in [-0.2, -0.15) is 10.2 Å². The maximum Gasteiger partial charge on any atom is 0.244 e. The number of nitrogens with two attached hydrogens (primary N) is 1. The summed E-state index contributed by atoms with van der Waals surface area (Å²) in [6.45, 7) is 3.91. The number of aromatic amines is 1. The highest BCUT2D eigenvalue weighted by Gasteiger charge is 2.20. The first-order chi connectivity index (χ1) is 12.0. The number of hydrogen-bond donors (Lipinski definition) is 2. The summed E-state index contributed by atoms with van der Waals surface area (Å²) in [5.41, 5.74) is 9.42. The second kappa shape index (κ2) is 6.80. The lowest BCUT2D eigenvalue weighted by molar-refractivity contribution is -0.132. The number of rotatable bonds is 5. The normalized spacial score (nSPS) is 12.1. The summed E-state index contributed by atoms with van der Waals surface area (Å²) >= 11 is 0. The van der Waals surface area contributed by atoms with Crippen LogP contribution in [-0.2, 0) is 11.3 Å². The van der Waals surface area contributed by atoms with Crippen LogP contribution < -0.4 is 5.73 Å². The number of carbonyl (C=O) groups excluding carboxylic acids is 1. The molecule has 25 heavy (non-hydrogen) atoms. The van der Waals surface area contributed by atoms with Crippen LogP contribution >= 0.6 is 0 Å². The third kappa shape index (κ3) is 3.55. The molecule has 7 heteroatoms. The lowest BCUT2D eigenvalue weighted by Gasteiger charge is -2.24. The first-order valence-electron chi connectivity index (χ1n) is 8.12. The van der Waals surface area contributed by atoms with Gasteiger partial charge in [0.05, 0.1) is 23.1 Å². The maximum absolute atomic E-state index is 12.5. The first-order valence-corrected chi connectivity index (χ1v) is 8.12. The van der Waals surface area contributed by atoms with E-state index in [1.807, 2.05) is 50.2 Å². The fourth-order valence-electron chi connectivity index (χ4n) is 2.66. The van der Waals surface area contributed by atoms with E-state index in [9.17, 15) is 4.79 Å². The van der Waals surface area contributed by atoms with E-state index < -0.39 is 0 Å². The predicted molar refractivity (Wildman–Crippen MR) is 96.6 cm³/mol. The third-order valence-corrected chi connectivity index (χ3v) is 4.31. The first kappa shape index (κ1) is 16.8. The quantitative estimate of drug-likeness (QED) is 0.747. The Hall–Kier alpha value is -3.09. The van der Waals surface area contributed by atoms with Crippen LogP contribution in [-0.4, -0.2) is 37.8 Å². The monoisotopic (exact) mass is 338 g/mol. The molecule has 0 saturated carbocycles. The number of H-pyrrole nitrogens is 1. The highest BCUT2D eigenvalue weighted by atomic mass is 16.2. The van der Waals surface area contributed by atoms with Gasteiger partial charge >= 0.3 is 0 Å². The number of likely N-dealkylation sites (N-methyl/N-ethyl adjacent to an activating group) is 1. The summed E-state index contributed by atoms with van der Waals surface area (Å²) in [7, 11) is 1.77. The molecular formula is C18H22N6O. The fourth-order valence-corrected chi connectivity index (χ4v) is 2.66. The Labute approximate surface area is 146 Å². The van der Waals surface area contributed by atoms with Crippen LogP contribution in [0.5, 0.6) is 0 Å². The van der Waals surface area contributed by atoms with Gasteiger partial charge in [-0.3, -0.25) is 9.89 Å². The van der Waals surface area contributed by atoms with Gasteiger partial charge < -0.3 is 10.6 Å². The summed E-state index contributed by atoms with van der Waals surface area (Å²) in [5, 5.41) is 11.6. The smallest absolute Gasteiger partial charge is 0.244 e. The molecule has 1 unspecified atom stereocenters. The van der Waals surface area contributed by atoms with Gasteiger partial charge in [0, 0.05) is 18.7 Å². The number of nitrogen functional groups attached to an aromatic ring is 1. The summed E-state index contributed by atoms with van der Waals surface area (Å²) in [6.07, 6.45) is 0. The number of aryl methyl sites for hydroxylation is 1. The van der Waals surface area contributed by atoms with Gasteiger partial charge in [-0.15, -0.1) is 0 Å². The van der Waals surface area contributed by atoms with Crippen molar-refractivity contribution in [3.05, 3.63) is 53.9 Å². The van der Waals surface area contributed by atoms with Crippen molar-refractivity contribution >= 4 is 11.7 Å². The van der Waals surface area contributed by atoms with E-state index in [1.165, 1.54) is 4.68 Å². The maximum atomic E-state index is 12.5. The van der Waals surface area contributed by atoms with Crippen molar-refractivity contribution in [2.45, 2.75) is 26.4 Å². The zero-order valence-electron chi connectivity index (χ0n) is 14.6. The minimum Gasteiger partial charge on any atom is -0.384 e. The van der Waals surface area contributed by atoms with Crippen LogP contribution in [0.3, 0.4) is 0 Å². The molecule has 0 saturated heterocycles. The molecule has 7 nitrogen and oxygen atoms in total. The number of nitrogens with zero attached hydrogens (tertiary/aromatic N) is 4. The Morgan fingerprint density at radius 2 is 2.04 bits per heavy atom. The van der Waals surface area contributed by atoms with Crippen molar-refractivity contribution < 1.29 is 4.79 Å². The molecule has 2 heterocycles. The summed E-state index contributed by atoms with van der Waals surface area (Å²) in [6, 6.07) is 13.5. The molecule has 1 atom stereocenters. The zero-order chi connectivity index (χ0) is 18.0. The molecular weight excluding hydrogens is 316 g/mol. The van der Waals surface area contributed by atoms with E-state index in [0.29, 0.717) is 5.82 Å². The fraction of sp³-hybridized carbons (Fsp3) is 0.278. The van der Waals surface area contributed by atoms with Crippen molar-refractivity contribution in [1.29, 1.82) is 0 Å². The van der Waals surface area contributed by atoms with E-state index in [-0.39, 0.29) is 18.5 Å². The zero-order valence-corrected chi connectivity index (χ0v) is 14.6. The van der Waals surface area contributed by atoms with Crippen LogP contribution in [0.15, 0.2) is 42.5 Å². The average molecular weight is 338 g/mol.